The normalized spacial score (nSPS) is 19.0. The maximum Gasteiger partial charge on any atom is 0.128 e. The van der Waals surface area contributed by atoms with Crippen LogP contribution in [-0.2, 0) is 6.54 Å². The summed E-state index contributed by atoms with van der Waals surface area (Å²) < 4.78 is 14.5. The van der Waals surface area contributed by atoms with Crippen LogP contribution in [0.15, 0.2) is 42.7 Å². The van der Waals surface area contributed by atoms with Crippen LogP contribution in [0.2, 0.25) is 0 Å². The number of rotatable bonds is 5. The van der Waals surface area contributed by atoms with Crippen LogP contribution in [0.5, 0.6) is 0 Å². The number of aliphatic hydroxyl groups excluding tert-OH is 1. The highest BCUT2D eigenvalue weighted by Gasteiger charge is 2.22. The maximum atomic E-state index is 14.5. The molecule has 0 spiro atoms. The second-order valence-corrected chi connectivity index (χ2v) is 6.17. The zero-order valence-corrected chi connectivity index (χ0v) is 13.3. The second kappa shape index (κ2) is 7.66. The van der Waals surface area contributed by atoms with Gasteiger partial charge < -0.3 is 5.11 Å². The quantitative estimate of drug-likeness (QED) is 0.915. The number of halogens is 1. The van der Waals surface area contributed by atoms with Crippen LogP contribution in [0.1, 0.15) is 31.2 Å². The van der Waals surface area contributed by atoms with Gasteiger partial charge in [0.15, 0.2) is 0 Å². The molecular formula is C19H23FN2O. The lowest BCUT2D eigenvalue weighted by atomic mass is 9.98. The van der Waals surface area contributed by atoms with E-state index in [1.54, 1.807) is 18.5 Å². The summed E-state index contributed by atoms with van der Waals surface area (Å²) in [5, 5.41) is 9.21. The van der Waals surface area contributed by atoms with Crippen molar-refractivity contribution in [2.75, 3.05) is 13.2 Å². The van der Waals surface area contributed by atoms with Gasteiger partial charge in [0.2, 0.25) is 0 Å². The topological polar surface area (TPSA) is 36.4 Å². The fourth-order valence-electron chi connectivity index (χ4n) is 3.36. The summed E-state index contributed by atoms with van der Waals surface area (Å²) in [6.07, 6.45) is 7.65. The van der Waals surface area contributed by atoms with Gasteiger partial charge in [-0.05, 0) is 55.1 Å². The molecule has 1 saturated heterocycles. The van der Waals surface area contributed by atoms with Gasteiger partial charge in [-0.25, -0.2) is 4.39 Å². The van der Waals surface area contributed by atoms with Gasteiger partial charge in [-0.2, -0.15) is 0 Å². The first-order valence-electron chi connectivity index (χ1n) is 8.31. The molecule has 0 radical (unpaired) electrons. The first kappa shape index (κ1) is 16.1. The Morgan fingerprint density at radius 2 is 1.96 bits per heavy atom. The number of piperidine rings is 1. The molecule has 1 aromatic heterocycles. The lowest BCUT2D eigenvalue weighted by Crippen LogP contribution is -2.39. The third-order valence-corrected chi connectivity index (χ3v) is 4.65. The number of nitrogens with zero attached hydrogens (tertiary/aromatic N) is 2. The Balaban J connectivity index is 1.75. The maximum absolute atomic E-state index is 14.5. The lowest BCUT2D eigenvalue weighted by molar-refractivity contribution is 0.111. The van der Waals surface area contributed by atoms with Crippen LogP contribution in [0.25, 0.3) is 11.1 Å². The van der Waals surface area contributed by atoms with E-state index in [1.165, 1.54) is 6.42 Å². The highest BCUT2D eigenvalue weighted by molar-refractivity contribution is 5.63. The summed E-state index contributed by atoms with van der Waals surface area (Å²) in [5.41, 5.74) is 2.58. The fourth-order valence-corrected chi connectivity index (χ4v) is 3.36. The molecule has 1 aliphatic heterocycles. The van der Waals surface area contributed by atoms with Gasteiger partial charge in [-0.3, -0.25) is 9.88 Å². The van der Waals surface area contributed by atoms with E-state index < -0.39 is 0 Å². The van der Waals surface area contributed by atoms with E-state index >= 15 is 0 Å². The van der Waals surface area contributed by atoms with Crippen LogP contribution in [-0.4, -0.2) is 34.2 Å². The predicted octanol–water partition coefficient (Wildman–Crippen LogP) is 3.62. The van der Waals surface area contributed by atoms with E-state index in [-0.39, 0.29) is 12.4 Å². The summed E-state index contributed by atoms with van der Waals surface area (Å²) in [6.45, 7) is 1.80. The molecule has 4 heteroatoms. The SMILES string of the molecule is OCCC1CCCCN1Cc1ccc(-c2ccncc2)cc1F. The molecule has 1 unspecified atom stereocenters. The zero-order chi connectivity index (χ0) is 16.1. The Bertz CT molecular complexity index is 631. The lowest BCUT2D eigenvalue weighted by Gasteiger charge is -2.35. The van der Waals surface area contributed by atoms with Crippen molar-refractivity contribution in [1.29, 1.82) is 0 Å². The third-order valence-electron chi connectivity index (χ3n) is 4.65. The fraction of sp³-hybridized carbons (Fsp3) is 0.421. The van der Waals surface area contributed by atoms with E-state index in [2.05, 4.69) is 9.88 Å². The number of likely N-dealkylation sites (tertiary alicyclic amines) is 1. The third kappa shape index (κ3) is 3.95. The van der Waals surface area contributed by atoms with Gasteiger partial charge in [0, 0.05) is 37.2 Å². The number of hydrogen-bond acceptors (Lipinski definition) is 3. The summed E-state index contributed by atoms with van der Waals surface area (Å²) >= 11 is 0. The minimum absolute atomic E-state index is 0.160. The van der Waals surface area contributed by atoms with Crippen LogP contribution >= 0.6 is 0 Å². The molecule has 2 aromatic rings. The molecule has 23 heavy (non-hydrogen) atoms. The van der Waals surface area contributed by atoms with Crippen molar-refractivity contribution in [3.8, 4) is 11.1 Å². The van der Waals surface area contributed by atoms with Crippen molar-refractivity contribution in [3.63, 3.8) is 0 Å². The summed E-state index contributed by atoms with van der Waals surface area (Å²) in [7, 11) is 0. The Hall–Kier alpha value is -1.78. The predicted molar refractivity (Wildman–Crippen MR) is 89.4 cm³/mol. The molecule has 0 saturated carbocycles. The molecule has 1 atom stereocenters. The van der Waals surface area contributed by atoms with Gasteiger partial charge in [0.1, 0.15) is 5.82 Å². The minimum atomic E-state index is -0.160. The molecule has 3 rings (SSSR count). The van der Waals surface area contributed by atoms with Crippen molar-refractivity contribution in [2.45, 2.75) is 38.3 Å². The summed E-state index contributed by atoms with van der Waals surface area (Å²) in [6, 6.07) is 9.60. The molecule has 0 bridgehead atoms. The minimum Gasteiger partial charge on any atom is -0.396 e. The van der Waals surface area contributed by atoms with Crippen molar-refractivity contribution in [3.05, 3.63) is 54.1 Å². The Labute approximate surface area is 136 Å². The van der Waals surface area contributed by atoms with Crippen LogP contribution < -0.4 is 0 Å². The van der Waals surface area contributed by atoms with Crippen molar-refractivity contribution >= 4 is 0 Å². The number of aromatic nitrogens is 1. The standard InChI is InChI=1S/C19H23FN2O/c20-19-13-16(15-6-9-21-10-7-15)4-5-17(19)14-22-11-2-1-3-18(22)8-12-23/h4-7,9-10,13,18,23H,1-3,8,11-12,14H2. The van der Waals surface area contributed by atoms with E-state index in [1.807, 2.05) is 24.3 Å². The number of hydrogen-bond donors (Lipinski definition) is 1. The molecule has 0 aliphatic carbocycles. The number of benzene rings is 1. The van der Waals surface area contributed by atoms with Gasteiger partial charge in [-0.15, -0.1) is 0 Å². The smallest absolute Gasteiger partial charge is 0.128 e. The van der Waals surface area contributed by atoms with E-state index in [0.717, 1.165) is 42.5 Å². The van der Waals surface area contributed by atoms with Crippen LogP contribution in [0.3, 0.4) is 0 Å². The van der Waals surface area contributed by atoms with Gasteiger partial charge in [0.25, 0.3) is 0 Å². The Kier molecular flexibility index (Phi) is 5.36. The molecule has 122 valence electrons. The highest BCUT2D eigenvalue weighted by atomic mass is 19.1. The average molecular weight is 314 g/mol. The van der Waals surface area contributed by atoms with Crippen molar-refractivity contribution < 1.29 is 9.50 Å². The Morgan fingerprint density at radius 1 is 1.13 bits per heavy atom. The summed E-state index contributed by atoms with van der Waals surface area (Å²) in [4.78, 5) is 6.30. The van der Waals surface area contributed by atoms with Crippen molar-refractivity contribution in [2.24, 2.45) is 0 Å². The molecule has 1 aliphatic rings. The van der Waals surface area contributed by atoms with Gasteiger partial charge >= 0.3 is 0 Å². The highest BCUT2D eigenvalue weighted by Crippen LogP contribution is 2.25. The molecule has 2 heterocycles. The van der Waals surface area contributed by atoms with Crippen LogP contribution in [0.4, 0.5) is 4.39 Å². The second-order valence-electron chi connectivity index (χ2n) is 6.17. The molecule has 3 nitrogen and oxygen atoms in total. The average Bonchev–Trinajstić information content (AvgIpc) is 2.59. The zero-order valence-electron chi connectivity index (χ0n) is 13.3. The molecule has 0 amide bonds. The Morgan fingerprint density at radius 3 is 2.70 bits per heavy atom. The van der Waals surface area contributed by atoms with Gasteiger partial charge in [-0.1, -0.05) is 18.6 Å². The largest absolute Gasteiger partial charge is 0.396 e. The molecule has 1 fully saturated rings. The molecule has 1 aromatic carbocycles. The van der Waals surface area contributed by atoms with Gasteiger partial charge in [0.05, 0.1) is 0 Å². The van der Waals surface area contributed by atoms with E-state index in [0.29, 0.717) is 12.6 Å². The summed E-state index contributed by atoms with van der Waals surface area (Å²) in [5.74, 6) is -0.160. The van der Waals surface area contributed by atoms with E-state index in [4.69, 9.17) is 0 Å². The number of pyridine rings is 1. The first-order valence-corrected chi connectivity index (χ1v) is 8.31. The van der Waals surface area contributed by atoms with E-state index in [9.17, 15) is 9.50 Å². The molecular weight excluding hydrogens is 291 g/mol. The van der Waals surface area contributed by atoms with Crippen molar-refractivity contribution in [1.82, 2.24) is 9.88 Å². The van der Waals surface area contributed by atoms with Crippen LogP contribution in [0, 0.1) is 5.82 Å². The molecule has 1 N–H and O–H groups in total. The number of aliphatic hydroxyl groups is 1. The first-order chi connectivity index (χ1) is 11.3. The monoisotopic (exact) mass is 314 g/mol.